The van der Waals surface area contributed by atoms with Gasteiger partial charge >= 0.3 is 0 Å². The minimum atomic E-state index is 0.301. The maximum absolute atomic E-state index is 6.06. The van der Waals surface area contributed by atoms with Gasteiger partial charge in [0.1, 0.15) is 17.3 Å². The molecule has 1 aromatic rings. The summed E-state index contributed by atoms with van der Waals surface area (Å²) in [6, 6.07) is 5.37. The third-order valence-electron chi connectivity index (χ3n) is 2.78. The highest BCUT2D eigenvalue weighted by Crippen LogP contribution is 2.22. The lowest BCUT2D eigenvalue weighted by molar-refractivity contribution is 0.223. The van der Waals surface area contributed by atoms with Crippen LogP contribution in [0, 0.1) is 0 Å². The Hall–Kier alpha value is -0.840. The van der Waals surface area contributed by atoms with Crippen molar-refractivity contribution in [3.8, 4) is 5.75 Å². The third kappa shape index (κ3) is 4.44. The normalized spacial score (nSPS) is 10.7. The summed E-state index contributed by atoms with van der Waals surface area (Å²) in [5, 5.41) is 0.530. The van der Waals surface area contributed by atoms with Crippen molar-refractivity contribution < 1.29 is 4.74 Å². The zero-order valence-electron chi connectivity index (χ0n) is 10.8. The number of benzene rings is 1. The Morgan fingerprint density at radius 1 is 1.39 bits per heavy atom. The van der Waals surface area contributed by atoms with Gasteiger partial charge in [0.15, 0.2) is 0 Å². The molecule has 18 heavy (non-hydrogen) atoms. The van der Waals surface area contributed by atoms with Crippen molar-refractivity contribution in [1.29, 1.82) is 0 Å². The Morgan fingerprint density at radius 3 is 2.56 bits per heavy atom. The quantitative estimate of drug-likeness (QED) is 0.782. The lowest BCUT2D eigenvalue weighted by atomic mass is 10.2. The fourth-order valence-electron chi connectivity index (χ4n) is 1.62. The number of ether oxygens (including phenoxy) is 1. The molecule has 2 N–H and O–H groups in total. The first kappa shape index (κ1) is 15.2. The van der Waals surface area contributed by atoms with Crippen molar-refractivity contribution in [2.45, 2.75) is 13.8 Å². The van der Waals surface area contributed by atoms with Crippen molar-refractivity contribution >= 4 is 28.8 Å². The first-order valence-corrected chi connectivity index (χ1v) is 6.81. The molecule has 3 nitrogen and oxygen atoms in total. The van der Waals surface area contributed by atoms with Crippen LogP contribution in [-0.2, 0) is 0 Å². The molecule has 0 fully saturated rings. The van der Waals surface area contributed by atoms with Gasteiger partial charge in [0.25, 0.3) is 0 Å². The van der Waals surface area contributed by atoms with Gasteiger partial charge in [-0.25, -0.2) is 0 Å². The molecule has 0 aliphatic carbocycles. The van der Waals surface area contributed by atoms with E-state index in [1.165, 1.54) is 0 Å². The number of halogens is 1. The summed E-state index contributed by atoms with van der Waals surface area (Å²) in [6.45, 7) is 7.88. The maximum Gasteiger partial charge on any atom is 0.120 e. The van der Waals surface area contributed by atoms with E-state index in [0.717, 1.165) is 25.4 Å². The van der Waals surface area contributed by atoms with Gasteiger partial charge in [-0.05, 0) is 31.3 Å². The van der Waals surface area contributed by atoms with E-state index >= 15 is 0 Å². The number of nitrogens with two attached hydrogens (primary N) is 1. The maximum atomic E-state index is 6.06. The minimum absolute atomic E-state index is 0.301. The van der Waals surface area contributed by atoms with E-state index in [1.54, 1.807) is 12.1 Å². The lowest BCUT2D eigenvalue weighted by Crippen LogP contribution is -2.27. The van der Waals surface area contributed by atoms with E-state index in [2.05, 4.69) is 18.7 Å². The summed E-state index contributed by atoms with van der Waals surface area (Å²) in [4.78, 5) is 2.60. The molecule has 0 atom stereocenters. The van der Waals surface area contributed by atoms with Crippen LogP contribution in [0.5, 0.6) is 5.75 Å². The molecule has 0 heterocycles. The van der Waals surface area contributed by atoms with Crippen molar-refractivity contribution in [2.24, 2.45) is 5.73 Å². The van der Waals surface area contributed by atoms with Crippen LogP contribution in [0.15, 0.2) is 18.2 Å². The molecule has 0 spiro atoms. The second-order valence-corrected chi connectivity index (χ2v) is 4.73. The van der Waals surface area contributed by atoms with Gasteiger partial charge in [-0.15, -0.1) is 0 Å². The number of likely N-dealkylation sites (N-methyl/N-ethyl adjacent to an activating group) is 1. The van der Waals surface area contributed by atoms with Gasteiger partial charge in [-0.1, -0.05) is 37.7 Å². The van der Waals surface area contributed by atoms with E-state index in [-0.39, 0.29) is 0 Å². The number of nitrogens with zero attached hydrogens (tertiary/aromatic N) is 1. The smallest absolute Gasteiger partial charge is 0.120 e. The molecule has 1 aromatic carbocycles. The molecule has 0 radical (unpaired) electrons. The van der Waals surface area contributed by atoms with E-state index in [9.17, 15) is 0 Å². The molecular formula is C13H19ClN2OS. The molecule has 0 bridgehead atoms. The molecule has 0 amide bonds. The van der Waals surface area contributed by atoms with Gasteiger partial charge in [-0.3, -0.25) is 0 Å². The predicted molar refractivity (Wildman–Crippen MR) is 80.6 cm³/mol. The summed E-state index contributed by atoms with van der Waals surface area (Å²) in [5.41, 5.74) is 6.22. The summed E-state index contributed by atoms with van der Waals surface area (Å²) >= 11 is 11.0. The zero-order chi connectivity index (χ0) is 13.5. The van der Waals surface area contributed by atoms with Crippen LogP contribution in [0.1, 0.15) is 19.4 Å². The Labute approximate surface area is 119 Å². The van der Waals surface area contributed by atoms with Crippen LogP contribution in [-0.4, -0.2) is 36.1 Å². The molecule has 0 unspecified atom stereocenters. The second kappa shape index (κ2) is 7.56. The molecule has 0 saturated carbocycles. The molecule has 100 valence electrons. The molecule has 0 saturated heterocycles. The van der Waals surface area contributed by atoms with Crippen molar-refractivity contribution in [1.82, 2.24) is 4.90 Å². The van der Waals surface area contributed by atoms with Gasteiger partial charge < -0.3 is 15.4 Å². The van der Waals surface area contributed by atoms with E-state index in [0.29, 0.717) is 22.2 Å². The molecule has 5 heteroatoms. The first-order valence-electron chi connectivity index (χ1n) is 6.03. The fraction of sp³-hybridized carbons (Fsp3) is 0.462. The van der Waals surface area contributed by atoms with Crippen molar-refractivity contribution in [3.63, 3.8) is 0 Å². The average molecular weight is 287 g/mol. The number of rotatable bonds is 7. The van der Waals surface area contributed by atoms with Crippen LogP contribution < -0.4 is 10.5 Å². The van der Waals surface area contributed by atoms with Crippen LogP contribution in [0.4, 0.5) is 0 Å². The molecule has 0 aliphatic rings. The topological polar surface area (TPSA) is 38.5 Å². The van der Waals surface area contributed by atoms with E-state index < -0.39 is 0 Å². The summed E-state index contributed by atoms with van der Waals surface area (Å²) < 4.78 is 5.65. The number of hydrogen-bond acceptors (Lipinski definition) is 3. The van der Waals surface area contributed by atoms with Gasteiger partial charge in [0, 0.05) is 12.1 Å². The highest BCUT2D eigenvalue weighted by atomic mass is 35.5. The first-order chi connectivity index (χ1) is 8.58. The Morgan fingerprint density at radius 2 is 2.06 bits per heavy atom. The summed E-state index contributed by atoms with van der Waals surface area (Å²) in [5.74, 6) is 0.743. The van der Waals surface area contributed by atoms with Crippen molar-refractivity contribution in [2.75, 3.05) is 26.2 Å². The molecular weight excluding hydrogens is 268 g/mol. The highest BCUT2D eigenvalue weighted by Gasteiger charge is 2.05. The van der Waals surface area contributed by atoms with Gasteiger partial charge in [-0.2, -0.15) is 0 Å². The van der Waals surface area contributed by atoms with Crippen LogP contribution in [0.2, 0.25) is 5.02 Å². The lowest BCUT2D eigenvalue weighted by Gasteiger charge is -2.18. The monoisotopic (exact) mass is 286 g/mol. The van der Waals surface area contributed by atoms with E-state index in [1.807, 2.05) is 6.07 Å². The fourth-order valence-corrected chi connectivity index (χ4v) is 2.12. The van der Waals surface area contributed by atoms with Gasteiger partial charge in [0.05, 0.1) is 5.02 Å². The van der Waals surface area contributed by atoms with Crippen molar-refractivity contribution in [3.05, 3.63) is 28.8 Å². The highest BCUT2D eigenvalue weighted by molar-refractivity contribution is 7.80. The Balaban J connectivity index is 2.53. The van der Waals surface area contributed by atoms with Crippen LogP contribution in [0.3, 0.4) is 0 Å². The average Bonchev–Trinajstić information content (AvgIpc) is 2.34. The van der Waals surface area contributed by atoms with E-state index in [4.69, 9.17) is 34.3 Å². The minimum Gasteiger partial charge on any atom is -0.492 e. The van der Waals surface area contributed by atoms with Gasteiger partial charge in [0.2, 0.25) is 0 Å². The SMILES string of the molecule is CCN(CC)CCOc1ccc(C(N)=S)c(Cl)c1. The molecule has 1 rings (SSSR count). The second-order valence-electron chi connectivity index (χ2n) is 3.88. The zero-order valence-corrected chi connectivity index (χ0v) is 12.4. The third-order valence-corrected chi connectivity index (χ3v) is 3.31. The van der Waals surface area contributed by atoms with Crippen LogP contribution in [0.25, 0.3) is 0 Å². The number of thiocarbonyl (C=S) groups is 1. The Bertz CT molecular complexity index is 408. The van der Waals surface area contributed by atoms with Crippen LogP contribution >= 0.6 is 23.8 Å². The predicted octanol–water partition coefficient (Wildman–Crippen LogP) is 2.69. The number of hydrogen-bond donors (Lipinski definition) is 1. The summed E-state index contributed by atoms with van der Waals surface area (Å²) in [6.07, 6.45) is 0. The molecule has 0 aromatic heterocycles. The largest absolute Gasteiger partial charge is 0.492 e. The Kier molecular flexibility index (Phi) is 6.39. The standard InChI is InChI=1S/C13H19ClN2OS/c1-3-16(4-2)7-8-17-10-5-6-11(13(15)18)12(14)9-10/h5-6,9H,3-4,7-8H2,1-2H3,(H2,15,18). The molecule has 0 aliphatic heterocycles. The summed E-state index contributed by atoms with van der Waals surface area (Å²) in [7, 11) is 0.